The van der Waals surface area contributed by atoms with Crippen LogP contribution in [0.15, 0.2) is 48.0 Å². The zero-order valence-corrected chi connectivity index (χ0v) is 20.3. The number of ether oxygens (including phenoxy) is 2. The van der Waals surface area contributed by atoms with Crippen LogP contribution >= 0.6 is 11.6 Å². The maximum atomic E-state index is 13.2. The maximum absolute atomic E-state index is 13.2. The van der Waals surface area contributed by atoms with Crippen molar-refractivity contribution in [2.24, 2.45) is 0 Å². The summed E-state index contributed by atoms with van der Waals surface area (Å²) in [5.41, 5.74) is 0.592. The second-order valence-corrected chi connectivity index (χ2v) is 8.44. The Morgan fingerprint density at radius 3 is 2.53 bits per heavy atom. The van der Waals surface area contributed by atoms with Gasteiger partial charge in [-0.15, -0.1) is 0 Å². The fraction of sp³-hybridized carbons (Fsp3) is 0.320. The monoisotopic (exact) mass is 486 g/mol. The maximum Gasteiger partial charge on any atom is 0.308 e. The second-order valence-electron chi connectivity index (χ2n) is 8.04. The number of likely N-dealkylation sites (N-methyl/N-ethyl adjacent to an activating group) is 1. The molecule has 1 unspecified atom stereocenters. The van der Waals surface area contributed by atoms with E-state index in [9.17, 15) is 19.5 Å². The summed E-state index contributed by atoms with van der Waals surface area (Å²) >= 11 is 6.35. The first kappa shape index (κ1) is 25.3. The molecule has 1 N–H and O–H groups in total. The van der Waals surface area contributed by atoms with Crippen molar-refractivity contribution in [2.45, 2.75) is 19.9 Å². The van der Waals surface area contributed by atoms with E-state index in [0.717, 1.165) is 0 Å². The molecule has 2 aromatic rings. The van der Waals surface area contributed by atoms with E-state index >= 15 is 0 Å². The number of hydrogen-bond acceptors (Lipinski definition) is 7. The number of aliphatic hydroxyl groups excluding tert-OH is 1. The Morgan fingerprint density at radius 1 is 1.15 bits per heavy atom. The highest BCUT2D eigenvalue weighted by Gasteiger charge is 2.46. The lowest BCUT2D eigenvalue weighted by molar-refractivity contribution is -0.140. The number of nitrogens with zero attached hydrogens (tertiary/aromatic N) is 2. The Hall–Kier alpha value is -3.36. The van der Waals surface area contributed by atoms with Gasteiger partial charge >= 0.3 is 5.97 Å². The normalized spacial score (nSPS) is 17.4. The summed E-state index contributed by atoms with van der Waals surface area (Å²) in [6.45, 7) is 4.24. The molecule has 0 saturated carbocycles. The third-order valence-electron chi connectivity index (χ3n) is 5.27. The molecule has 34 heavy (non-hydrogen) atoms. The van der Waals surface area contributed by atoms with E-state index in [1.54, 1.807) is 36.4 Å². The Labute approximate surface area is 203 Å². The molecule has 1 fully saturated rings. The number of ketones is 1. The number of aliphatic hydroxyl groups is 1. The molecule has 3 rings (SSSR count). The number of esters is 1. The SMILES string of the molecule is CCOc1ccc(Cl)c(/C(O)=C2\C(=O)C(=O)N(CCN(C)C)C2c2cccc(OC(C)=O)c2)c1. The molecule has 0 aromatic heterocycles. The van der Waals surface area contributed by atoms with E-state index in [0.29, 0.717) is 24.5 Å². The van der Waals surface area contributed by atoms with Gasteiger partial charge in [0.15, 0.2) is 0 Å². The Balaban J connectivity index is 2.19. The quantitative estimate of drug-likeness (QED) is 0.200. The molecule has 1 saturated heterocycles. The van der Waals surface area contributed by atoms with Crippen molar-refractivity contribution in [3.8, 4) is 11.5 Å². The van der Waals surface area contributed by atoms with Gasteiger partial charge in [0.2, 0.25) is 0 Å². The Bertz CT molecular complexity index is 1140. The predicted molar refractivity (Wildman–Crippen MR) is 128 cm³/mol. The first-order chi connectivity index (χ1) is 16.1. The standard InChI is InChI=1S/C25H27ClN2O6/c1-5-33-17-9-10-20(26)19(14-17)23(30)21-22(16-7-6-8-18(13-16)34-15(2)29)28(12-11-27(3)4)25(32)24(21)31/h6-10,13-14,22,30H,5,11-12H2,1-4H3/b23-21+. The molecule has 8 nitrogen and oxygen atoms in total. The summed E-state index contributed by atoms with van der Waals surface area (Å²) in [6.07, 6.45) is 0. The van der Waals surface area contributed by atoms with Crippen molar-refractivity contribution in [1.82, 2.24) is 9.80 Å². The van der Waals surface area contributed by atoms with Crippen LogP contribution < -0.4 is 9.47 Å². The highest BCUT2D eigenvalue weighted by Crippen LogP contribution is 2.41. The number of carbonyl (C=O) groups excluding carboxylic acids is 3. The van der Waals surface area contributed by atoms with Crippen LogP contribution in [0.2, 0.25) is 5.02 Å². The number of Topliss-reactive ketones (excluding diaryl/α,β-unsaturated/α-hetero) is 1. The van der Waals surface area contributed by atoms with Crippen LogP contribution in [0.1, 0.15) is 31.0 Å². The number of benzene rings is 2. The lowest BCUT2D eigenvalue weighted by Gasteiger charge is -2.27. The van der Waals surface area contributed by atoms with Crippen LogP contribution in [-0.2, 0) is 14.4 Å². The Kier molecular flexibility index (Phi) is 7.96. The van der Waals surface area contributed by atoms with Gasteiger partial charge in [-0.2, -0.15) is 0 Å². The van der Waals surface area contributed by atoms with E-state index in [1.165, 1.54) is 17.9 Å². The second kappa shape index (κ2) is 10.7. The molecule has 0 radical (unpaired) electrons. The Morgan fingerprint density at radius 2 is 1.88 bits per heavy atom. The molecule has 0 aliphatic carbocycles. The van der Waals surface area contributed by atoms with Crippen molar-refractivity contribution in [3.05, 3.63) is 64.2 Å². The van der Waals surface area contributed by atoms with Crippen LogP contribution in [0.25, 0.3) is 5.76 Å². The number of amides is 1. The van der Waals surface area contributed by atoms with E-state index in [4.69, 9.17) is 21.1 Å². The number of halogens is 1. The third kappa shape index (κ3) is 5.40. The van der Waals surface area contributed by atoms with E-state index in [1.807, 2.05) is 25.9 Å². The minimum absolute atomic E-state index is 0.0979. The van der Waals surface area contributed by atoms with Crippen molar-refractivity contribution in [1.29, 1.82) is 0 Å². The fourth-order valence-electron chi connectivity index (χ4n) is 3.77. The van der Waals surface area contributed by atoms with Gasteiger partial charge < -0.3 is 24.4 Å². The van der Waals surface area contributed by atoms with Gasteiger partial charge in [0.05, 0.1) is 23.2 Å². The minimum Gasteiger partial charge on any atom is -0.507 e. The van der Waals surface area contributed by atoms with Crippen LogP contribution in [-0.4, -0.2) is 66.4 Å². The van der Waals surface area contributed by atoms with Crippen LogP contribution in [0.5, 0.6) is 11.5 Å². The van der Waals surface area contributed by atoms with E-state index < -0.39 is 29.5 Å². The average Bonchev–Trinajstić information content (AvgIpc) is 3.03. The lowest BCUT2D eigenvalue weighted by atomic mass is 9.95. The summed E-state index contributed by atoms with van der Waals surface area (Å²) in [4.78, 5) is 40.9. The third-order valence-corrected chi connectivity index (χ3v) is 5.60. The van der Waals surface area contributed by atoms with Crippen LogP contribution in [0.4, 0.5) is 0 Å². The highest BCUT2D eigenvalue weighted by molar-refractivity contribution is 6.47. The van der Waals surface area contributed by atoms with Gasteiger partial charge in [-0.25, -0.2) is 0 Å². The van der Waals surface area contributed by atoms with Crippen LogP contribution in [0, 0.1) is 0 Å². The topological polar surface area (TPSA) is 96.4 Å². The molecule has 180 valence electrons. The largest absolute Gasteiger partial charge is 0.507 e. The molecule has 1 heterocycles. The van der Waals surface area contributed by atoms with Gasteiger partial charge in [0.1, 0.15) is 17.3 Å². The number of rotatable bonds is 8. The number of likely N-dealkylation sites (tertiary alicyclic amines) is 1. The predicted octanol–water partition coefficient (Wildman–Crippen LogP) is 3.65. The smallest absolute Gasteiger partial charge is 0.308 e. The molecule has 2 aromatic carbocycles. The summed E-state index contributed by atoms with van der Waals surface area (Å²) in [5, 5.41) is 11.5. The van der Waals surface area contributed by atoms with E-state index in [2.05, 4.69) is 0 Å². The highest BCUT2D eigenvalue weighted by atomic mass is 35.5. The van der Waals surface area contributed by atoms with Gasteiger partial charge in [0, 0.05) is 25.6 Å². The average molecular weight is 487 g/mol. The van der Waals surface area contributed by atoms with Gasteiger partial charge in [-0.05, 0) is 56.9 Å². The van der Waals surface area contributed by atoms with Crippen molar-refractivity contribution < 1.29 is 29.0 Å². The van der Waals surface area contributed by atoms with Gasteiger partial charge in [-0.3, -0.25) is 14.4 Å². The molecular formula is C25H27ClN2O6. The summed E-state index contributed by atoms with van der Waals surface area (Å²) < 4.78 is 10.7. The first-order valence-electron chi connectivity index (χ1n) is 10.8. The van der Waals surface area contributed by atoms with Gasteiger partial charge in [-0.1, -0.05) is 23.7 Å². The first-order valence-corrected chi connectivity index (χ1v) is 11.2. The van der Waals surface area contributed by atoms with Gasteiger partial charge in [0.25, 0.3) is 11.7 Å². The van der Waals surface area contributed by atoms with Crippen LogP contribution in [0.3, 0.4) is 0 Å². The zero-order chi connectivity index (χ0) is 25.0. The minimum atomic E-state index is -0.901. The fourth-order valence-corrected chi connectivity index (χ4v) is 3.97. The number of hydrogen-bond donors (Lipinski definition) is 1. The summed E-state index contributed by atoms with van der Waals surface area (Å²) in [7, 11) is 3.71. The molecule has 1 amide bonds. The molecule has 1 atom stereocenters. The molecule has 1 aliphatic heterocycles. The van der Waals surface area contributed by atoms with Crippen molar-refractivity contribution in [2.75, 3.05) is 33.8 Å². The van der Waals surface area contributed by atoms with E-state index in [-0.39, 0.29) is 28.5 Å². The lowest BCUT2D eigenvalue weighted by Crippen LogP contribution is -2.35. The van der Waals surface area contributed by atoms with Crippen molar-refractivity contribution in [3.63, 3.8) is 0 Å². The molecular weight excluding hydrogens is 460 g/mol. The van der Waals surface area contributed by atoms with Crippen molar-refractivity contribution >= 4 is 35.0 Å². The molecule has 1 aliphatic rings. The summed E-state index contributed by atoms with van der Waals surface area (Å²) in [6, 6.07) is 10.4. The molecule has 9 heteroatoms. The molecule has 0 bridgehead atoms. The zero-order valence-electron chi connectivity index (χ0n) is 19.5. The summed E-state index contributed by atoms with van der Waals surface area (Å²) in [5.74, 6) is -1.73. The number of carbonyl (C=O) groups is 3. The molecule has 0 spiro atoms.